The van der Waals surface area contributed by atoms with E-state index in [0.717, 1.165) is 41.2 Å². The molecule has 3 rings (SSSR count). The highest BCUT2D eigenvalue weighted by molar-refractivity contribution is 7.09. The lowest BCUT2D eigenvalue weighted by Crippen LogP contribution is -2.58. The van der Waals surface area contributed by atoms with Crippen molar-refractivity contribution in [1.82, 2.24) is 25.4 Å². The quantitative estimate of drug-likeness (QED) is 0.0827. The van der Waals surface area contributed by atoms with Crippen LogP contribution in [0.3, 0.4) is 0 Å². The van der Waals surface area contributed by atoms with Crippen molar-refractivity contribution in [3.63, 3.8) is 0 Å². The van der Waals surface area contributed by atoms with Crippen LogP contribution < -0.4 is 16.4 Å². The zero-order valence-electron chi connectivity index (χ0n) is 37.8. The molecular weight excluding hydrogens is 817 g/mol. The van der Waals surface area contributed by atoms with Crippen molar-refractivity contribution in [3.8, 4) is 5.75 Å². The number of esters is 2. The molecule has 0 saturated carbocycles. The molecule has 62 heavy (non-hydrogen) atoms. The third kappa shape index (κ3) is 16.1. The van der Waals surface area contributed by atoms with E-state index in [0.29, 0.717) is 24.3 Å². The predicted molar refractivity (Wildman–Crippen MR) is 234 cm³/mol. The van der Waals surface area contributed by atoms with E-state index >= 15 is 0 Å². The number of ether oxygens (including phenoxy) is 2. The van der Waals surface area contributed by atoms with E-state index in [1.54, 1.807) is 19.1 Å². The molecule has 17 heteroatoms. The zero-order chi connectivity index (χ0) is 46.3. The van der Waals surface area contributed by atoms with Gasteiger partial charge in [-0.1, -0.05) is 73.4 Å². The first-order valence-electron chi connectivity index (χ1n) is 21.7. The Morgan fingerprint density at radius 3 is 2.24 bits per heavy atom. The molecule has 5 N–H and O–H groups in total. The minimum absolute atomic E-state index is 0.0274. The van der Waals surface area contributed by atoms with Gasteiger partial charge in [0.15, 0.2) is 12.8 Å². The second-order valence-corrected chi connectivity index (χ2v) is 18.4. The SMILES string of the molecule is CCC(C)[C@H](NC(=O)[C@H]1CCCCN1C)C(=O)N(COC(=O)CC(C)C)C(=O)C[C@H](C[C@@H](OC(C)=O)c1nc(C(=O)N[C@@H](Cc2ccc(O)cc2)C[C@H](C)C(N)=O)cs1)C(C)C. The van der Waals surface area contributed by atoms with Gasteiger partial charge in [0.25, 0.3) is 11.8 Å². The lowest BCUT2D eigenvalue weighted by atomic mass is 9.86. The molecule has 7 atom stereocenters. The summed E-state index contributed by atoms with van der Waals surface area (Å²) in [5.74, 6) is -5.36. The number of aromatic hydroxyl groups is 1. The Kier molecular flexibility index (Phi) is 20.5. The maximum absolute atomic E-state index is 14.4. The van der Waals surface area contributed by atoms with Crippen LogP contribution in [-0.2, 0) is 44.7 Å². The van der Waals surface area contributed by atoms with Crippen LogP contribution in [0.5, 0.6) is 5.75 Å². The third-order valence-corrected chi connectivity index (χ3v) is 12.4. The third-order valence-electron chi connectivity index (χ3n) is 11.5. The van der Waals surface area contributed by atoms with E-state index in [4.69, 9.17) is 15.2 Å². The summed E-state index contributed by atoms with van der Waals surface area (Å²) in [7, 11) is 1.87. The minimum Gasteiger partial charge on any atom is -0.508 e. The monoisotopic (exact) mass is 884 g/mol. The number of hydrogen-bond acceptors (Lipinski definition) is 13. The Morgan fingerprint density at radius 2 is 1.66 bits per heavy atom. The van der Waals surface area contributed by atoms with Gasteiger partial charge in [0.1, 0.15) is 22.5 Å². The van der Waals surface area contributed by atoms with Crippen molar-refractivity contribution in [2.45, 2.75) is 137 Å². The first kappa shape index (κ1) is 51.5. The largest absolute Gasteiger partial charge is 0.508 e. The smallest absolute Gasteiger partial charge is 0.307 e. The number of likely N-dealkylation sites (N-methyl/N-ethyl adjacent to an activating group) is 1. The molecule has 1 aromatic heterocycles. The Morgan fingerprint density at radius 1 is 0.984 bits per heavy atom. The highest BCUT2D eigenvalue weighted by Crippen LogP contribution is 2.34. The highest BCUT2D eigenvalue weighted by Gasteiger charge is 2.38. The normalized spacial score (nSPS) is 17.2. The van der Waals surface area contributed by atoms with Gasteiger partial charge in [-0.05, 0) is 87.1 Å². The van der Waals surface area contributed by atoms with E-state index in [9.17, 15) is 38.7 Å². The number of hydrogen-bond donors (Lipinski definition) is 4. The van der Waals surface area contributed by atoms with Gasteiger partial charge in [-0.25, -0.2) is 9.88 Å². The molecule has 1 saturated heterocycles. The molecule has 1 aromatic carbocycles. The van der Waals surface area contributed by atoms with Crippen LogP contribution in [0.2, 0.25) is 0 Å². The summed E-state index contributed by atoms with van der Waals surface area (Å²) < 4.78 is 11.3. The molecule has 16 nitrogen and oxygen atoms in total. The van der Waals surface area contributed by atoms with Crippen molar-refractivity contribution in [2.24, 2.45) is 35.3 Å². The maximum Gasteiger partial charge on any atom is 0.307 e. The Hall–Kier alpha value is -4.90. The summed E-state index contributed by atoms with van der Waals surface area (Å²) in [5, 5.41) is 17.5. The van der Waals surface area contributed by atoms with Crippen LogP contribution in [-0.4, -0.2) is 99.8 Å². The molecule has 1 aliphatic heterocycles. The number of aromatic nitrogens is 1. The molecule has 2 aromatic rings. The van der Waals surface area contributed by atoms with Crippen LogP contribution in [0, 0.1) is 29.6 Å². The maximum atomic E-state index is 14.4. The number of rotatable bonds is 23. The van der Waals surface area contributed by atoms with E-state index < -0.39 is 78.4 Å². The van der Waals surface area contributed by atoms with Gasteiger partial charge in [0.05, 0.1) is 6.04 Å². The highest BCUT2D eigenvalue weighted by atomic mass is 32.1. The van der Waals surface area contributed by atoms with Crippen molar-refractivity contribution in [1.29, 1.82) is 0 Å². The van der Waals surface area contributed by atoms with E-state index in [-0.39, 0.29) is 60.8 Å². The predicted octanol–water partition coefficient (Wildman–Crippen LogP) is 5.28. The number of primary amides is 1. The van der Waals surface area contributed by atoms with Crippen molar-refractivity contribution in [2.75, 3.05) is 20.3 Å². The Balaban J connectivity index is 1.88. The number of benzene rings is 1. The standard InChI is InChI=1S/C45H68N6O10S/c1-10-28(6)40(49-43(58)36-13-11-12-18-50(36)9)45(59)51(25-60-39(55)19-26(2)3)38(54)23-32(27(4)5)22-37(61-30(8)52)44-48-35(24-62-44)42(57)47-33(20-29(7)41(46)56)21-31-14-16-34(53)17-15-31/h14-17,24,26-29,32-33,36-37,40,53H,10-13,18-23,25H2,1-9H3,(H2,46,56)(H,47,57)(H,49,58)/t28?,29-,32-,33+,36+,37+,40-/m0/s1. The molecule has 0 aliphatic carbocycles. The summed E-state index contributed by atoms with van der Waals surface area (Å²) in [6, 6.07) is 4.50. The van der Waals surface area contributed by atoms with Crippen LogP contribution in [0.4, 0.5) is 0 Å². The lowest BCUT2D eigenvalue weighted by Gasteiger charge is -2.35. The molecule has 1 unspecified atom stereocenters. The van der Waals surface area contributed by atoms with E-state index in [1.165, 1.54) is 24.4 Å². The van der Waals surface area contributed by atoms with Gasteiger partial charge in [0, 0.05) is 37.1 Å². The number of carbonyl (C=O) groups excluding carboxylic acids is 7. The molecule has 0 radical (unpaired) electrons. The summed E-state index contributed by atoms with van der Waals surface area (Å²) in [6.07, 6.45) is 2.61. The number of phenolic OH excluding ortho intramolecular Hbond substituents is 1. The number of imide groups is 1. The van der Waals surface area contributed by atoms with Crippen LogP contribution in [0.15, 0.2) is 29.6 Å². The van der Waals surface area contributed by atoms with Gasteiger partial charge < -0.3 is 30.9 Å². The fraction of sp³-hybridized carbons (Fsp3) is 0.644. The number of nitrogens with zero attached hydrogens (tertiary/aromatic N) is 3. The molecule has 5 amide bonds. The van der Waals surface area contributed by atoms with Crippen LogP contribution in [0.1, 0.15) is 134 Å². The lowest BCUT2D eigenvalue weighted by molar-refractivity contribution is -0.162. The topological polar surface area (TPSA) is 228 Å². The Labute approximate surface area is 370 Å². The summed E-state index contributed by atoms with van der Waals surface area (Å²) in [4.78, 5) is 101. The summed E-state index contributed by atoms with van der Waals surface area (Å²) in [6.45, 7) is 14.2. The van der Waals surface area contributed by atoms with Gasteiger partial charge >= 0.3 is 11.9 Å². The number of nitrogens with one attached hydrogen (secondary N) is 2. The molecule has 0 spiro atoms. The van der Waals surface area contributed by atoms with Gasteiger partial charge in [-0.15, -0.1) is 11.3 Å². The number of piperidine rings is 1. The molecular formula is C45H68N6O10S. The Bertz CT molecular complexity index is 1830. The molecule has 1 fully saturated rings. The fourth-order valence-electron chi connectivity index (χ4n) is 7.35. The number of amides is 5. The van der Waals surface area contributed by atoms with Crippen LogP contribution >= 0.6 is 11.3 Å². The first-order valence-corrected chi connectivity index (χ1v) is 22.6. The zero-order valence-corrected chi connectivity index (χ0v) is 38.6. The van der Waals surface area contributed by atoms with E-state index in [2.05, 4.69) is 15.6 Å². The number of likely N-dealkylation sites (tertiary alicyclic amines) is 1. The molecule has 1 aliphatic rings. The average molecular weight is 885 g/mol. The van der Waals surface area contributed by atoms with Gasteiger partial charge in [-0.2, -0.15) is 0 Å². The number of phenols is 1. The second-order valence-electron chi connectivity index (χ2n) is 17.5. The van der Waals surface area contributed by atoms with Crippen molar-refractivity contribution >= 4 is 52.8 Å². The number of nitrogens with two attached hydrogens (primary N) is 1. The number of carbonyl (C=O) groups is 7. The average Bonchev–Trinajstić information content (AvgIpc) is 3.70. The molecule has 0 bridgehead atoms. The molecule has 344 valence electrons. The minimum atomic E-state index is -1.07. The molecule has 2 heterocycles. The van der Waals surface area contributed by atoms with Gasteiger partial charge in [-0.3, -0.25) is 38.5 Å². The summed E-state index contributed by atoms with van der Waals surface area (Å²) >= 11 is 1.10. The number of thiazole rings is 1. The van der Waals surface area contributed by atoms with Crippen molar-refractivity contribution in [3.05, 3.63) is 45.9 Å². The summed E-state index contributed by atoms with van der Waals surface area (Å²) in [5.41, 5.74) is 6.41. The van der Waals surface area contributed by atoms with Crippen molar-refractivity contribution < 1.29 is 48.1 Å². The second kappa shape index (κ2) is 24.7. The van der Waals surface area contributed by atoms with Crippen LogP contribution in [0.25, 0.3) is 0 Å². The first-order chi connectivity index (χ1) is 29.2. The fourth-order valence-corrected chi connectivity index (χ4v) is 8.19. The van der Waals surface area contributed by atoms with E-state index in [1.807, 2.05) is 53.5 Å². The van der Waals surface area contributed by atoms with Gasteiger partial charge in [0.2, 0.25) is 17.7 Å².